The van der Waals surface area contributed by atoms with Crippen molar-refractivity contribution in [1.29, 1.82) is 0 Å². The molecule has 1 heterocycles. The van der Waals surface area contributed by atoms with Crippen LogP contribution in [-0.4, -0.2) is 19.0 Å². The summed E-state index contributed by atoms with van der Waals surface area (Å²) in [6.45, 7) is 1.27. The van der Waals surface area contributed by atoms with Gasteiger partial charge in [0.05, 0.1) is 6.61 Å². The van der Waals surface area contributed by atoms with Gasteiger partial charge in [0.15, 0.2) is 5.78 Å². The number of Topliss-reactive ketones (excluding diaryl/α,β-unsaturated/α-hetero) is 1. The first-order valence-corrected chi connectivity index (χ1v) is 6.62. The second-order valence-corrected chi connectivity index (χ2v) is 5.65. The Kier molecular flexibility index (Phi) is 3.79. The summed E-state index contributed by atoms with van der Waals surface area (Å²) in [5, 5.41) is 0. The van der Waals surface area contributed by atoms with Crippen LogP contribution in [0.5, 0.6) is 0 Å². The van der Waals surface area contributed by atoms with Gasteiger partial charge in [-0.1, -0.05) is 15.9 Å². The molecule has 1 fully saturated rings. The molecule has 2 nitrogen and oxygen atoms in total. The molecule has 0 N–H and O–H groups in total. The van der Waals surface area contributed by atoms with Crippen molar-refractivity contribution in [3.05, 3.63) is 31.8 Å². The summed E-state index contributed by atoms with van der Waals surface area (Å²) in [4.78, 5) is 12.1. The van der Waals surface area contributed by atoms with Crippen LogP contribution in [0.25, 0.3) is 0 Å². The van der Waals surface area contributed by atoms with Crippen LogP contribution in [0.15, 0.2) is 22.7 Å². The molecule has 1 saturated heterocycles. The smallest absolute Gasteiger partial charge is 0.169 e. The highest BCUT2D eigenvalue weighted by Crippen LogP contribution is 2.25. The van der Waals surface area contributed by atoms with Crippen LogP contribution in [0.3, 0.4) is 0 Å². The van der Waals surface area contributed by atoms with E-state index in [1.54, 1.807) is 0 Å². The van der Waals surface area contributed by atoms with E-state index >= 15 is 0 Å². The summed E-state index contributed by atoms with van der Waals surface area (Å²) < 4.78 is 7.19. The Morgan fingerprint density at radius 2 is 2.33 bits per heavy atom. The monoisotopic (exact) mass is 380 g/mol. The first kappa shape index (κ1) is 11.5. The molecule has 0 saturated carbocycles. The Morgan fingerprint density at radius 3 is 3.00 bits per heavy atom. The maximum Gasteiger partial charge on any atom is 0.169 e. The molecule has 2 rings (SSSR count). The van der Waals surface area contributed by atoms with Crippen molar-refractivity contribution in [2.45, 2.75) is 6.42 Å². The quantitative estimate of drug-likeness (QED) is 0.581. The standard InChI is InChI=1S/C11H10BrIO2/c12-10-2-1-8(13)5-9(10)11(14)7-3-4-15-6-7/h1-2,5,7H,3-4,6H2. The zero-order valence-electron chi connectivity index (χ0n) is 8.00. The number of hydrogen-bond donors (Lipinski definition) is 0. The van der Waals surface area contributed by atoms with Crippen molar-refractivity contribution in [2.24, 2.45) is 5.92 Å². The molecule has 1 aromatic carbocycles. The lowest BCUT2D eigenvalue weighted by Gasteiger charge is -2.08. The lowest BCUT2D eigenvalue weighted by atomic mass is 9.97. The average Bonchev–Trinajstić information content (AvgIpc) is 2.74. The highest BCUT2D eigenvalue weighted by atomic mass is 127. The molecule has 1 atom stereocenters. The van der Waals surface area contributed by atoms with Crippen LogP contribution in [0, 0.1) is 9.49 Å². The number of hydrogen-bond acceptors (Lipinski definition) is 2. The second kappa shape index (κ2) is 4.93. The van der Waals surface area contributed by atoms with Crippen molar-refractivity contribution in [1.82, 2.24) is 0 Å². The third-order valence-electron chi connectivity index (χ3n) is 2.49. The van der Waals surface area contributed by atoms with Crippen LogP contribution in [0.1, 0.15) is 16.8 Å². The molecule has 1 aliphatic rings. The predicted octanol–water partition coefficient (Wildman–Crippen LogP) is 3.27. The van der Waals surface area contributed by atoms with Crippen molar-refractivity contribution in [3.8, 4) is 0 Å². The molecule has 0 amide bonds. The lowest BCUT2D eigenvalue weighted by Crippen LogP contribution is -2.15. The molecule has 0 spiro atoms. The Balaban J connectivity index is 2.27. The Labute approximate surface area is 111 Å². The molecule has 0 bridgehead atoms. The fourth-order valence-electron chi connectivity index (χ4n) is 1.65. The van der Waals surface area contributed by atoms with E-state index in [1.807, 2.05) is 18.2 Å². The molecule has 1 unspecified atom stereocenters. The SMILES string of the molecule is O=C(c1cc(I)ccc1Br)C1CCOC1. The summed E-state index contributed by atoms with van der Waals surface area (Å²) in [7, 11) is 0. The van der Waals surface area contributed by atoms with Crippen LogP contribution in [0.2, 0.25) is 0 Å². The van der Waals surface area contributed by atoms with Gasteiger partial charge in [0.25, 0.3) is 0 Å². The fourth-order valence-corrected chi connectivity index (χ4v) is 2.58. The normalized spacial score (nSPS) is 20.5. The van der Waals surface area contributed by atoms with Crippen molar-refractivity contribution in [3.63, 3.8) is 0 Å². The van der Waals surface area contributed by atoms with Gasteiger partial charge in [-0.3, -0.25) is 4.79 Å². The first-order valence-electron chi connectivity index (χ1n) is 4.75. The number of rotatable bonds is 2. The van der Waals surface area contributed by atoms with Crippen molar-refractivity contribution in [2.75, 3.05) is 13.2 Å². The number of carbonyl (C=O) groups excluding carboxylic acids is 1. The Morgan fingerprint density at radius 1 is 1.53 bits per heavy atom. The molecular weight excluding hydrogens is 371 g/mol. The van der Waals surface area contributed by atoms with Gasteiger partial charge in [-0.25, -0.2) is 0 Å². The lowest BCUT2D eigenvalue weighted by molar-refractivity contribution is 0.0899. The van der Waals surface area contributed by atoms with E-state index in [4.69, 9.17) is 4.74 Å². The number of carbonyl (C=O) groups is 1. The van der Waals surface area contributed by atoms with Gasteiger partial charge in [-0.05, 0) is 47.2 Å². The first-order chi connectivity index (χ1) is 7.18. The van der Waals surface area contributed by atoms with Gasteiger partial charge >= 0.3 is 0 Å². The van der Waals surface area contributed by atoms with E-state index in [2.05, 4.69) is 38.5 Å². The number of ketones is 1. The van der Waals surface area contributed by atoms with E-state index in [0.717, 1.165) is 20.0 Å². The summed E-state index contributed by atoms with van der Waals surface area (Å²) in [6, 6.07) is 5.82. The van der Waals surface area contributed by atoms with Crippen LogP contribution in [0.4, 0.5) is 0 Å². The van der Waals surface area contributed by atoms with E-state index < -0.39 is 0 Å². The van der Waals surface area contributed by atoms with Crippen LogP contribution >= 0.6 is 38.5 Å². The van der Waals surface area contributed by atoms with Gasteiger partial charge in [0, 0.05) is 26.1 Å². The van der Waals surface area contributed by atoms with E-state index in [9.17, 15) is 4.79 Å². The van der Waals surface area contributed by atoms with E-state index in [-0.39, 0.29) is 11.7 Å². The number of ether oxygens (including phenoxy) is 1. The maximum absolute atomic E-state index is 12.1. The fraction of sp³-hybridized carbons (Fsp3) is 0.364. The minimum atomic E-state index is 0.0412. The molecule has 1 aliphatic heterocycles. The zero-order chi connectivity index (χ0) is 10.8. The molecule has 0 radical (unpaired) electrons. The van der Waals surface area contributed by atoms with Crippen molar-refractivity contribution < 1.29 is 9.53 Å². The molecule has 4 heteroatoms. The number of halogens is 2. The Bertz CT molecular complexity index is 386. The van der Waals surface area contributed by atoms with Gasteiger partial charge < -0.3 is 4.74 Å². The Hall–Kier alpha value is 0.0600. The summed E-state index contributed by atoms with van der Waals surface area (Å²) >= 11 is 5.63. The molecule has 0 aromatic heterocycles. The van der Waals surface area contributed by atoms with E-state index in [0.29, 0.717) is 13.2 Å². The molecule has 1 aromatic rings. The third-order valence-corrected chi connectivity index (χ3v) is 3.86. The van der Waals surface area contributed by atoms with Gasteiger partial charge in [-0.15, -0.1) is 0 Å². The zero-order valence-corrected chi connectivity index (χ0v) is 11.7. The van der Waals surface area contributed by atoms with Gasteiger partial charge in [0.1, 0.15) is 0 Å². The topological polar surface area (TPSA) is 26.3 Å². The third kappa shape index (κ3) is 2.60. The summed E-state index contributed by atoms with van der Waals surface area (Å²) in [5.41, 5.74) is 0.775. The summed E-state index contributed by atoms with van der Waals surface area (Å²) in [6.07, 6.45) is 0.844. The van der Waals surface area contributed by atoms with Crippen molar-refractivity contribution >= 4 is 44.3 Å². The number of benzene rings is 1. The van der Waals surface area contributed by atoms with Gasteiger partial charge in [0.2, 0.25) is 0 Å². The average molecular weight is 381 g/mol. The molecule has 15 heavy (non-hydrogen) atoms. The minimum absolute atomic E-state index is 0.0412. The summed E-state index contributed by atoms with van der Waals surface area (Å²) in [5.74, 6) is 0.234. The minimum Gasteiger partial charge on any atom is -0.381 e. The van der Waals surface area contributed by atoms with Gasteiger partial charge in [-0.2, -0.15) is 0 Å². The second-order valence-electron chi connectivity index (χ2n) is 3.55. The van der Waals surface area contributed by atoms with E-state index in [1.165, 1.54) is 0 Å². The van der Waals surface area contributed by atoms with Crippen LogP contribution in [-0.2, 0) is 4.74 Å². The molecule has 0 aliphatic carbocycles. The highest BCUT2D eigenvalue weighted by molar-refractivity contribution is 14.1. The molecular formula is C11H10BrIO2. The maximum atomic E-state index is 12.1. The van der Waals surface area contributed by atoms with Crippen LogP contribution < -0.4 is 0 Å². The highest BCUT2D eigenvalue weighted by Gasteiger charge is 2.25. The largest absolute Gasteiger partial charge is 0.381 e. The predicted molar refractivity (Wildman–Crippen MR) is 70.1 cm³/mol. The molecule has 80 valence electrons.